The number of benzene rings is 2. The van der Waals surface area contributed by atoms with E-state index in [1.165, 1.54) is 16.9 Å². The molecule has 12 heteroatoms. The molecule has 0 bridgehead atoms. The third-order valence-corrected chi connectivity index (χ3v) is 8.95. The molecule has 1 aliphatic heterocycles. The fraction of sp³-hybridized carbons (Fsp3) is 0.280. The van der Waals surface area contributed by atoms with E-state index in [2.05, 4.69) is 31.3 Å². The maximum atomic E-state index is 13.3. The summed E-state index contributed by atoms with van der Waals surface area (Å²) in [7, 11) is -3.45. The van der Waals surface area contributed by atoms with E-state index < -0.39 is 9.84 Å². The quantitative estimate of drug-likeness (QED) is 0.328. The molecule has 9 nitrogen and oxygen atoms in total. The third-order valence-electron chi connectivity index (χ3n) is 6.58. The molecule has 0 aliphatic carbocycles. The van der Waals surface area contributed by atoms with E-state index in [0.717, 1.165) is 35.0 Å². The van der Waals surface area contributed by atoms with Crippen LogP contribution in [0.2, 0.25) is 5.02 Å². The molecule has 0 saturated carbocycles. The third kappa shape index (κ3) is 5.21. The van der Waals surface area contributed by atoms with Crippen LogP contribution in [0.3, 0.4) is 0 Å². The van der Waals surface area contributed by atoms with Gasteiger partial charge in [-0.25, -0.2) is 17.8 Å². The van der Waals surface area contributed by atoms with E-state index in [1.54, 1.807) is 29.1 Å². The van der Waals surface area contributed by atoms with Gasteiger partial charge in [-0.2, -0.15) is 5.10 Å². The minimum atomic E-state index is -3.45. The van der Waals surface area contributed by atoms with Gasteiger partial charge in [-0.15, -0.1) is 5.10 Å². The van der Waals surface area contributed by atoms with Crippen LogP contribution in [-0.4, -0.2) is 62.8 Å². The molecular weight excluding hydrogens is 580 g/mol. The van der Waals surface area contributed by atoms with Crippen molar-refractivity contribution >= 4 is 43.3 Å². The number of para-hydroxylation sites is 1. The Kier molecular flexibility index (Phi) is 6.95. The molecule has 5 rings (SSSR count). The van der Waals surface area contributed by atoms with Crippen LogP contribution < -0.4 is 0 Å². The summed E-state index contributed by atoms with van der Waals surface area (Å²) in [5.74, 6) is 0.0327. The molecule has 1 fully saturated rings. The summed E-state index contributed by atoms with van der Waals surface area (Å²) in [6, 6.07) is 12.2. The number of piperidine rings is 1. The van der Waals surface area contributed by atoms with Crippen LogP contribution in [0.4, 0.5) is 0 Å². The molecule has 2 atom stereocenters. The fourth-order valence-electron chi connectivity index (χ4n) is 4.65. The second kappa shape index (κ2) is 10.0. The SMILES string of the molecule is CC1CC(c2cn(-c3ccc(Br)c(Cl)c3)nn2)CCN1C(=O)c1cnn(-c2ccccc2S(C)(=O)=O)c1. The number of sulfone groups is 1. The van der Waals surface area contributed by atoms with Gasteiger partial charge in [0.2, 0.25) is 0 Å². The largest absolute Gasteiger partial charge is 0.336 e. The lowest BCUT2D eigenvalue weighted by molar-refractivity contribution is 0.0614. The number of carbonyl (C=O) groups excluding carboxylic acids is 1. The van der Waals surface area contributed by atoms with Crippen LogP contribution in [0.15, 0.2) is 70.4 Å². The average Bonchev–Trinajstić information content (AvgIpc) is 3.55. The minimum absolute atomic E-state index is 0.0230. The summed E-state index contributed by atoms with van der Waals surface area (Å²) in [5.41, 5.74) is 2.52. The normalized spacial score (nSPS) is 18.2. The first-order valence-electron chi connectivity index (χ1n) is 11.6. The van der Waals surface area contributed by atoms with Crippen molar-refractivity contribution in [2.75, 3.05) is 12.8 Å². The van der Waals surface area contributed by atoms with E-state index in [-0.39, 0.29) is 22.8 Å². The Bertz CT molecular complexity index is 1580. The van der Waals surface area contributed by atoms with Gasteiger partial charge in [-0.05, 0) is 66.0 Å². The van der Waals surface area contributed by atoms with Gasteiger partial charge in [0, 0.05) is 35.4 Å². The zero-order chi connectivity index (χ0) is 26.3. The number of carbonyl (C=O) groups is 1. The van der Waals surface area contributed by atoms with Crippen molar-refractivity contribution in [1.29, 1.82) is 0 Å². The first kappa shape index (κ1) is 25.6. The number of amides is 1. The van der Waals surface area contributed by atoms with Crippen molar-refractivity contribution in [2.24, 2.45) is 0 Å². The molecule has 4 aromatic rings. The van der Waals surface area contributed by atoms with E-state index in [9.17, 15) is 13.2 Å². The Hall–Kier alpha value is -3.02. The maximum absolute atomic E-state index is 13.3. The first-order chi connectivity index (χ1) is 17.6. The molecule has 2 unspecified atom stereocenters. The highest BCUT2D eigenvalue weighted by atomic mass is 79.9. The average molecular weight is 604 g/mol. The smallest absolute Gasteiger partial charge is 0.257 e. The predicted molar refractivity (Wildman–Crippen MR) is 143 cm³/mol. The number of rotatable bonds is 5. The summed E-state index contributed by atoms with van der Waals surface area (Å²) in [5, 5.41) is 13.5. The van der Waals surface area contributed by atoms with Crippen molar-refractivity contribution in [3.63, 3.8) is 0 Å². The van der Waals surface area contributed by atoms with Crippen molar-refractivity contribution in [1.82, 2.24) is 29.7 Å². The molecule has 37 heavy (non-hydrogen) atoms. The summed E-state index contributed by atoms with van der Waals surface area (Å²) < 4.78 is 28.3. The van der Waals surface area contributed by atoms with Gasteiger partial charge in [0.05, 0.1) is 44.9 Å². The number of halogens is 2. The van der Waals surface area contributed by atoms with Crippen molar-refractivity contribution in [3.05, 3.63) is 81.8 Å². The van der Waals surface area contributed by atoms with Gasteiger partial charge in [-0.1, -0.05) is 28.9 Å². The Morgan fingerprint density at radius 2 is 1.92 bits per heavy atom. The zero-order valence-corrected chi connectivity index (χ0v) is 23.3. The standard InChI is InChI=1S/C25H24BrClN6O3S/c1-16-11-17(22-15-32(30-29-22)19-7-8-20(26)21(27)12-19)9-10-31(16)25(34)18-13-28-33(14-18)23-5-3-4-6-24(23)37(2,35)36/h3-8,12-17H,9-11H2,1-2H3. The summed E-state index contributed by atoms with van der Waals surface area (Å²) >= 11 is 9.62. The van der Waals surface area contributed by atoms with Crippen LogP contribution in [-0.2, 0) is 9.84 Å². The highest BCUT2D eigenvalue weighted by Crippen LogP contribution is 2.32. The van der Waals surface area contributed by atoms with Crippen LogP contribution in [0.1, 0.15) is 41.7 Å². The lowest BCUT2D eigenvalue weighted by Gasteiger charge is -2.36. The van der Waals surface area contributed by atoms with Crippen LogP contribution in [0.5, 0.6) is 0 Å². The highest BCUT2D eigenvalue weighted by molar-refractivity contribution is 9.10. The molecule has 1 aliphatic rings. The van der Waals surface area contributed by atoms with E-state index in [4.69, 9.17) is 11.6 Å². The van der Waals surface area contributed by atoms with Crippen molar-refractivity contribution in [2.45, 2.75) is 36.6 Å². The predicted octanol–water partition coefficient (Wildman–Crippen LogP) is 4.68. The van der Waals surface area contributed by atoms with Gasteiger partial charge < -0.3 is 4.90 Å². The molecular formula is C25H24BrClN6O3S. The number of hydrogen-bond acceptors (Lipinski definition) is 6. The summed E-state index contributed by atoms with van der Waals surface area (Å²) in [6.07, 6.45) is 7.63. The molecule has 0 spiro atoms. The molecule has 0 N–H and O–H groups in total. The van der Waals surface area contributed by atoms with Gasteiger partial charge >= 0.3 is 0 Å². The van der Waals surface area contributed by atoms with Crippen molar-refractivity contribution in [3.8, 4) is 11.4 Å². The monoisotopic (exact) mass is 602 g/mol. The highest BCUT2D eigenvalue weighted by Gasteiger charge is 2.32. The van der Waals surface area contributed by atoms with Crippen LogP contribution >= 0.6 is 27.5 Å². The topological polar surface area (TPSA) is 103 Å². The number of hydrogen-bond donors (Lipinski definition) is 0. The summed E-state index contributed by atoms with van der Waals surface area (Å²) in [6.45, 7) is 2.58. The number of likely N-dealkylation sites (tertiary alicyclic amines) is 1. The molecule has 2 aromatic heterocycles. The zero-order valence-electron chi connectivity index (χ0n) is 20.1. The molecule has 2 aromatic carbocycles. The number of nitrogens with zero attached hydrogens (tertiary/aromatic N) is 6. The molecule has 192 valence electrons. The van der Waals surface area contributed by atoms with Gasteiger partial charge in [0.15, 0.2) is 9.84 Å². The van der Waals surface area contributed by atoms with Crippen molar-refractivity contribution < 1.29 is 13.2 Å². The summed E-state index contributed by atoms with van der Waals surface area (Å²) in [4.78, 5) is 15.3. The Balaban J connectivity index is 1.29. The fourth-order valence-corrected chi connectivity index (χ4v) is 5.94. The molecule has 1 amide bonds. The lowest BCUT2D eigenvalue weighted by Crippen LogP contribution is -2.44. The molecule has 3 heterocycles. The Morgan fingerprint density at radius 3 is 2.65 bits per heavy atom. The van der Waals surface area contributed by atoms with E-state index >= 15 is 0 Å². The molecule has 0 radical (unpaired) electrons. The maximum Gasteiger partial charge on any atom is 0.257 e. The Labute approximate surface area is 228 Å². The second-order valence-electron chi connectivity index (χ2n) is 9.17. The lowest BCUT2D eigenvalue weighted by atomic mass is 9.89. The Morgan fingerprint density at radius 1 is 1.14 bits per heavy atom. The molecule has 1 saturated heterocycles. The van der Waals surface area contributed by atoms with Crippen LogP contribution in [0.25, 0.3) is 11.4 Å². The van der Waals surface area contributed by atoms with Gasteiger partial charge in [-0.3, -0.25) is 4.79 Å². The first-order valence-corrected chi connectivity index (χ1v) is 14.7. The van der Waals surface area contributed by atoms with Gasteiger partial charge in [0.25, 0.3) is 5.91 Å². The van der Waals surface area contributed by atoms with Gasteiger partial charge in [0.1, 0.15) is 0 Å². The minimum Gasteiger partial charge on any atom is -0.336 e. The second-order valence-corrected chi connectivity index (χ2v) is 12.4. The van der Waals surface area contributed by atoms with E-state index in [0.29, 0.717) is 22.8 Å². The van der Waals surface area contributed by atoms with E-state index in [1.807, 2.05) is 36.2 Å². The van der Waals surface area contributed by atoms with Crippen LogP contribution in [0, 0.1) is 0 Å². The number of aromatic nitrogens is 5.